The molecule has 2 aliphatic heterocycles. The zero-order valence-corrected chi connectivity index (χ0v) is 16.8. The first kappa shape index (κ1) is 19.5. The highest BCUT2D eigenvalue weighted by atomic mass is 16.7. The molecule has 1 N–H and O–H groups in total. The molecule has 0 spiro atoms. The summed E-state index contributed by atoms with van der Waals surface area (Å²) in [6, 6.07) is 6.90. The van der Waals surface area contributed by atoms with E-state index in [1.54, 1.807) is 27.4 Å². The van der Waals surface area contributed by atoms with Crippen LogP contribution in [0.1, 0.15) is 17.2 Å². The molecule has 0 radical (unpaired) electrons. The number of phenols is 1. The van der Waals surface area contributed by atoms with Crippen LogP contribution >= 0.6 is 0 Å². The highest BCUT2D eigenvalue weighted by molar-refractivity contribution is 5.61. The van der Waals surface area contributed by atoms with Gasteiger partial charge >= 0.3 is 0 Å². The third kappa shape index (κ3) is 3.49. The maximum atomic E-state index is 10.8. The van der Waals surface area contributed by atoms with Gasteiger partial charge in [-0.15, -0.1) is 0 Å². The Morgan fingerprint density at radius 1 is 0.897 bits per heavy atom. The first-order valence-electron chi connectivity index (χ1n) is 9.41. The molecule has 2 heterocycles. The van der Waals surface area contributed by atoms with Crippen molar-refractivity contribution in [2.75, 3.05) is 54.4 Å². The number of morpholine rings is 1. The number of aromatic hydroxyl groups is 1. The average molecular weight is 403 g/mol. The Kier molecular flexibility index (Phi) is 5.55. The zero-order valence-electron chi connectivity index (χ0n) is 16.8. The van der Waals surface area contributed by atoms with Crippen LogP contribution < -0.4 is 23.7 Å². The van der Waals surface area contributed by atoms with Gasteiger partial charge in [0.2, 0.25) is 12.5 Å². The van der Waals surface area contributed by atoms with Gasteiger partial charge in [0.25, 0.3) is 0 Å². The Balaban J connectivity index is 1.89. The largest absolute Gasteiger partial charge is 0.507 e. The molecular formula is C21H25NO7. The standard InChI is InChI=1S/C21H25NO7/c1-24-16-5-4-13(20(25-2)21(16)26-3)19(22-6-8-27-9-7-22)14-10-17-18(11-15(14)23)29-12-28-17/h4-5,10-11,19,23H,6-9,12H2,1-3H3. The van der Waals surface area contributed by atoms with Gasteiger partial charge in [-0.3, -0.25) is 4.90 Å². The second-order valence-electron chi connectivity index (χ2n) is 6.74. The van der Waals surface area contributed by atoms with Crippen molar-refractivity contribution in [2.24, 2.45) is 0 Å². The molecule has 4 rings (SSSR count). The Morgan fingerprint density at radius 3 is 2.24 bits per heavy atom. The molecule has 2 aromatic rings. The second kappa shape index (κ2) is 8.26. The summed E-state index contributed by atoms with van der Waals surface area (Å²) < 4.78 is 33.2. The van der Waals surface area contributed by atoms with Gasteiger partial charge in [-0.25, -0.2) is 0 Å². The smallest absolute Gasteiger partial charge is 0.231 e. The van der Waals surface area contributed by atoms with Crippen LogP contribution in [0, 0.1) is 0 Å². The molecule has 2 aliphatic rings. The van der Waals surface area contributed by atoms with Crippen molar-refractivity contribution in [3.8, 4) is 34.5 Å². The summed E-state index contributed by atoms with van der Waals surface area (Å²) in [4.78, 5) is 2.24. The van der Waals surface area contributed by atoms with E-state index < -0.39 is 0 Å². The maximum Gasteiger partial charge on any atom is 0.231 e. The molecule has 2 aromatic carbocycles. The predicted molar refractivity (Wildman–Crippen MR) is 105 cm³/mol. The molecule has 8 nitrogen and oxygen atoms in total. The van der Waals surface area contributed by atoms with Crippen LogP contribution in [0.5, 0.6) is 34.5 Å². The van der Waals surface area contributed by atoms with E-state index in [2.05, 4.69) is 4.90 Å². The van der Waals surface area contributed by atoms with E-state index in [-0.39, 0.29) is 18.6 Å². The number of ether oxygens (including phenoxy) is 6. The molecule has 1 unspecified atom stereocenters. The number of methoxy groups -OCH3 is 3. The van der Waals surface area contributed by atoms with Gasteiger partial charge in [0, 0.05) is 30.3 Å². The molecule has 0 amide bonds. The highest BCUT2D eigenvalue weighted by Crippen LogP contribution is 2.49. The number of phenolic OH excluding ortho intramolecular Hbond substituents is 1. The van der Waals surface area contributed by atoms with Crippen molar-refractivity contribution in [3.63, 3.8) is 0 Å². The number of hydrogen-bond donors (Lipinski definition) is 1. The van der Waals surface area contributed by atoms with Gasteiger partial charge in [0.1, 0.15) is 5.75 Å². The van der Waals surface area contributed by atoms with Crippen LogP contribution in [0.3, 0.4) is 0 Å². The Hall–Kier alpha value is -2.84. The topological polar surface area (TPSA) is 78.9 Å². The van der Waals surface area contributed by atoms with Crippen molar-refractivity contribution < 1.29 is 33.5 Å². The molecular weight excluding hydrogens is 378 g/mol. The van der Waals surface area contributed by atoms with Crippen molar-refractivity contribution in [3.05, 3.63) is 35.4 Å². The van der Waals surface area contributed by atoms with E-state index in [9.17, 15) is 5.11 Å². The van der Waals surface area contributed by atoms with Crippen LogP contribution in [0.2, 0.25) is 0 Å². The number of benzene rings is 2. The highest BCUT2D eigenvalue weighted by Gasteiger charge is 2.33. The van der Waals surface area contributed by atoms with E-state index in [1.807, 2.05) is 18.2 Å². The minimum atomic E-state index is -0.303. The van der Waals surface area contributed by atoms with Gasteiger partial charge < -0.3 is 33.5 Å². The quantitative estimate of drug-likeness (QED) is 0.789. The van der Waals surface area contributed by atoms with Crippen LogP contribution in [-0.2, 0) is 4.74 Å². The first-order chi connectivity index (χ1) is 14.2. The van der Waals surface area contributed by atoms with Gasteiger partial charge in [0.15, 0.2) is 23.0 Å². The summed E-state index contributed by atoms with van der Waals surface area (Å²) in [5.41, 5.74) is 1.54. The SMILES string of the molecule is COc1ccc(C(c2cc3c(cc2O)OCO3)N2CCOCC2)c(OC)c1OC. The van der Waals surface area contributed by atoms with Crippen LogP contribution in [0.15, 0.2) is 24.3 Å². The Morgan fingerprint density at radius 2 is 1.59 bits per heavy atom. The maximum absolute atomic E-state index is 10.8. The van der Waals surface area contributed by atoms with Gasteiger partial charge in [-0.05, 0) is 18.2 Å². The van der Waals surface area contributed by atoms with E-state index in [0.29, 0.717) is 60.6 Å². The lowest BCUT2D eigenvalue weighted by molar-refractivity contribution is 0.0231. The number of fused-ring (bicyclic) bond motifs is 1. The summed E-state index contributed by atoms with van der Waals surface area (Å²) >= 11 is 0. The lowest BCUT2D eigenvalue weighted by Gasteiger charge is -2.36. The minimum Gasteiger partial charge on any atom is -0.507 e. The number of nitrogens with zero attached hydrogens (tertiary/aromatic N) is 1. The normalized spacial score (nSPS) is 17.1. The third-order valence-corrected chi connectivity index (χ3v) is 5.26. The van der Waals surface area contributed by atoms with Crippen LogP contribution in [-0.4, -0.2) is 64.4 Å². The van der Waals surface area contributed by atoms with Gasteiger partial charge in [-0.2, -0.15) is 0 Å². The van der Waals surface area contributed by atoms with E-state index in [4.69, 9.17) is 28.4 Å². The fraction of sp³-hybridized carbons (Fsp3) is 0.429. The van der Waals surface area contributed by atoms with E-state index >= 15 is 0 Å². The fourth-order valence-electron chi connectivity index (χ4n) is 3.90. The Labute approximate surface area is 169 Å². The molecule has 156 valence electrons. The van der Waals surface area contributed by atoms with Crippen molar-refractivity contribution in [1.82, 2.24) is 4.90 Å². The minimum absolute atomic E-state index is 0.127. The molecule has 1 saturated heterocycles. The predicted octanol–water partition coefficient (Wildman–Crippen LogP) is 2.57. The lowest BCUT2D eigenvalue weighted by Crippen LogP contribution is -2.39. The number of hydrogen-bond acceptors (Lipinski definition) is 8. The average Bonchev–Trinajstić information content (AvgIpc) is 3.21. The molecule has 1 atom stereocenters. The monoisotopic (exact) mass is 403 g/mol. The molecule has 8 heteroatoms. The van der Waals surface area contributed by atoms with Crippen LogP contribution in [0.25, 0.3) is 0 Å². The molecule has 0 aliphatic carbocycles. The fourth-order valence-corrected chi connectivity index (χ4v) is 3.90. The number of rotatable bonds is 6. The lowest BCUT2D eigenvalue weighted by atomic mass is 9.94. The van der Waals surface area contributed by atoms with E-state index in [0.717, 1.165) is 5.56 Å². The molecule has 0 bridgehead atoms. The molecule has 1 fully saturated rings. The molecule has 29 heavy (non-hydrogen) atoms. The zero-order chi connectivity index (χ0) is 20.4. The van der Waals surface area contributed by atoms with E-state index in [1.165, 1.54) is 0 Å². The van der Waals surface area contributed by atoms with Gasteiger partial charge in [0.05, 0.1) is 40.6 Å². The summed E-state index contributed by atoms with van der Waals surface area (Å²) in [6.07, 6.45) is 0. The van der Waals surface area contributed by atoms with Gasteiger partial charge in [-0.1, -0.05) is 0 Å². The second-order valence-corrected chi connectivity index (χ2v) is 6.74. The molecule has 0 aromatic heterocycles. The first-order valence-corrected chi connectivity index (χ1v) is 9.41. The third-order valence-electron chi connectivity index (χ3n) is 5.26. The summed E-state index contributed by atoms with van der Waals surface area (Å²) in [6.45, 7) is 2.76. The summed E-state index contributed by atoms with van der Waals surface area (Å²) in [5, 5.41) is 10.8. The summed E-state index contributed by atoms with van der Waals surface area (Å²) in [7, 11) is 4.75. The Bertz CT molecular complexity index is 880. The van der Waals surface area contributed by atoms with Crippen molar-refractivity contribution in [1.29, 1.82) is 0 Å². The van der Waals surface area contributed by atoms with Crippen molar-refractivity contribution >= 4 is 0 Å². The molecule has 0 saturated carbocycles. The van der Waals surface area contributed by atoms with Crippen LogP contribution in [0.4, 0.5) is 0 Å². The summed E-state index contributed by atoms with van der Waals surface area (Å²) in [5.74, 6) is 2.90. The van der Waals surface area contributed by atoms with Crippen molar-refractivity contribution in [2.45, 2.75) is 6.04 Å².